The fourth-order valence-corrected chi connectivity index (χ4v) is 1.71. The van der Waals surface area contributed by atoms with Gasteiger partial charge in [-0.1, -0.05) is 15.9 Å². The summed E-state index contributed by atoms with van der Waals surface area (Å²) < 4.78 is 42.3. The summed E-state index contributed by atoms with van der Waals surface area (Å²) in [5, 5.41) is 0. The van der Waals surface area contributed by atoms with Gasteiger partial charge in [-0.3, -0.25) is 4.79 Å². The normalized spacial score (nSPS) is 10.6. The highest BCUT2D eigenvalue weighted by atomic mass is 79.9. The zero-order chi connectivity index (χ0) is 12.3. The van der Waals surface area contributed by atoms with Crippen LogP contribution < -0.4 is 0 Å². The van der Waals surface area contributed by atoms with E-state index in [1.54, 1.807) is 0 Å². The smallest absolute Gasteiger partial charge is 0.311 e. The van der Waals surface area contributed by atoms with Crippen LogP contribution in [0.3, 0.4) is 0 Å². The fourth-order valence-electron chi connectivity index (χ4n) is 1.12. The zero-order valence-electron chi connectivity index (χ0n) is 8.14. The first kappa shape index (κ1) is 13.0. The van der Waals surface area contributed by atoms with E-state index in [4.69, 9.17) is 0 Å². The van der Waals surface area contributed by atoms with Crippen LogP contribution in [0.5, 0.6) is 0 Å². The number of alkyl halides is 2. The summed E-state index contributed by atoms with van der Waals surface area (Å²) >= 11 is 2.80. The molecule has 0 amide bonds. The molecule has 0 radical (unpaired) electrons. The molecule has 0 aromatic carbocycles. The molecule has 0 bridgehead atoms. The van der Waals surface area contributed by atoms with Gasteiger partial charge in [-0.25, -0.2) is 13.8 Å². The Morgan fingerprint density at radius 2 is 2.25 bits per heavy atom. The zero-order valence-corrected chi connectivity index (χ0v) is 9.72. The summed E-state index contributed by atoms with van der Waals surface area (Å²) in [7, 11) is 1.11. The van der Waals surface area contributed by atoms with Crippen molar-refractivity contribution in [3.63, 3.8) is 0 Å². The molecule has 0 fully saturated rings. The topological polar surface area (TPSA) is 39.2 Å². The van der Waals surface area contributed by atoms with E-state index in [-0.39, 0.29) is 10.2 Å². The van der Waals surface area contributed by atoms with Crippen LogP contribution in [0.2, 0.25) is 0 Å². The van der Waals surface area contributed by atoms with Gasteiger partial charge in [0.25, 0.3) is 6.43 Å². The number of carbonyl (C=O) groups excluding carboxylic acids is 1. The van der Waals surface area contributed by atoms with Crippen LogP contribution in [0.15, 0.2) is 10.5 Å². The minimum atomic E-state index is -2.85. The second-order valence-corrected chi connectivity index (χ2v) is 3.70. The molecule has 0 atom stereocenters. The maximum atomic E-state index is 12.9. The number of nitrogens with zero attached hydrogens (tertiary/aromatic N) is 1. The molecule has 7 heteroatoms. The van der Waals surface area contributed by atoms with Gasteiger partial charge < -0.3 is 4.74 Å². The van der Waals surface area contributed by atoms with E-state index in [9.17, 15) is 18.0 Å². The van der Waals surface area contributed by atoms with Gasteiger partial charge in [-0.05, 0) is 0 Å². The van der Waals surface area contributed by atoms with Crippen LogP contribution in [0.4, 0.5) is 13.2 Å². The van der Waals surface area contributed by atoms with E-state index in [1.165, 1.54) is 0 Å². The van der Waals surface area contributed by atoms with E-state index in [0.29, 0.717) is 0 Å². The first-order chi connectivity index (χ1) is 7.45. The minimum absolute atomic E-state index is 0.117. The van der Waals surface area contributed by atoms with Crippen LogP contribution in [0.25, 0.3) is 0 Å². The molecule has 3 nitrogen and oxygen atoms in total. The molecule has 0 N–H and O–H groups in total. The molecule has 88 valence electrons. The summed E-state index contributed by atoms with van der Waals surface area (Å²) in [6.45, 7) is 0. The van der Waals surface area contributed by atoms with Crippen LogP contribution in [0.1, 0.15) is 17.7 Å². The van der Waals surface area contributed by atoms with E-state index in [2.05, 4.69) is 25.7 Å². The van der Waals surface area contributed by atoms with Gasteiger partial charge >= 0.3 is 5.97 Å². The van der Waals surface area contributed by atoms with E-state index < -0.39 is 30.3 Å². The van der Waals surface area contributed by atoms with Gasteiger partial charge in [0.2, 0.25) is 5.95 Å². The van der Waals surface area contributed by atoms with Crippen LogP contribution >= 0.6 is 15.9 Å². The Bertz CT molecular complexity index is 412. The van der Waals surface area contributed by atoms with Crippen molar-refractivity contribution in [3.8, 4) is 0 Å². The molecule has 0 unspecified atom stereocenters. The number of aromatic nitrogens is 1. The van der Waals surface area contributed by atoms with Crippen molar-refractivity contribution < 1.29 is 22.7 Å². The van der Waals surface area contributed by atoms with E-state index in [1.807, 2.05) is 0 Å². The molecule has 1 rings (SSSR count). The van der Waals surface area contributed by atoms with Crippen molar-refractivity contribution in [2.75, 3.05) is 7.11 Å². The summed E-state index contributed by atoms with van der Waals surface area (Å²) in [6, 6.07) is 0.822. The van der Waals surface area contributed by atoms with Crippen molar-refractivity contribution in [2.24, 2.45) is 0 Å². The van der Waals surface area contributed by atoms with E-state index >= 15 is 0 Å². The van der Waals surface area contributed by atoms with Gasteiger partial charge in [0.15, 0.2) is 0 Å². The Kier molecular flexibility index (Phi) is 4.28. The third-order valence-electron chi connectivity index (χ3n) is 1.81. The number of halogens is 4. The Morgan fingerprint density at radius 1 is 1.62 bits per heavy atom. The quantitative estimate of drug-likeness (QED) is 0.636. The highest BCUT2D eigenvalue weighted by Crippen LogP contribution is 2.30. The number of hydrogen-bond acceptors (Lipinski definition) is 3. The maximum Gasteiger partial charge on any atom is 0.311 e. The molecule has 0 aliphatic heterocycles. The summed E-state index contributed by atoms with van der Waals surface area (Å²) in [5.74, 6) is -1.69. The summed E-state index contributed by atoms with van der Waals surface area (Å²) in [6.07, 6.45) is -3.34. The van der Waals surface area contributed by atoms with Crippen molar-refractivity contribution in [3.05, 3.63) is 27.7 Å². The SMILES string of the molecule is COC(=O)Cc1nc(F)cc(Br)c1C(F)F. The van der Waals surface area contributed by atoms with Crippen molar-refractivity contribution in [1.29, 1.82) is 0 Å². The van der Waals surface area contributed by atoms with Crippen molar-refractivity contribution in [1.82, 2.24) is 4.98 Å². The molecule has 16 heavy (non-hydrogen) atoms. The maximum absolute atomic E-state index is 12.9. The second-order valence-electron chi connectivity index (χ2n) is 2.84. The highest BCUT2D eigenvalue weighted by molar-refractivity contribution is 9.10. The van der Waals surface area contributed by atoms with Crippen LogP contribution in [0, 0.1) is 5.95 Å². The van der Waals surface area contributed by atoms with Gasteiger partial charge in [-0.2, -0.15) is 4.39 Å². The van der Waals surface area contributed by atoms with Crippen molar-refractivity contribution >= 4 is 21.9 Å². The molecule has 1 heterocycles. The van der Waals surface area contributed by atoms with Crippen LogP contribution in [-0.4, -0.2) is 18.1 Å². The standard InChI is InChI=1S/C9H7BrF3NO2/c1-16-7(15)3-5-8(9(12)13)4(10)2-6(11)14-5/h2,9H,3H2,1H3. The molecule has 0 saturated heterocycles. The first-order valence-electron chi connectivity index (χ1n) is 4.15. The summed E-state index contributed by atoms with van der Waals surface area (Å²) in [5.41, 5.74) is -0.819. The lowest BCUT2D eigenvalue weighted by molar-refractivity contribution is -0.139. The third kappa shape index (κ3) is 2.94. The molecular weight excluding hydrogens is 291 g/mol. The van der Waals surface area contributed by atoms with Gasteiger partial charge in [0.05, 0.1) is 24.8 Å². The molecular formula is C9H7BrF3NO2. The number of hydrogen-bond donors (Lipinski definition) is 0. The number of ether oxygens (including phenoxy) is 1. The minimum Gasteiger partial charge on any atom is -0.469 e. The molecule has 0 spiro atoms. The second kappa shape index (κ2) is 5.29. The average molecular weight is 298 g/mol. The molecule has 1 aromatic heterocycles. The number of pyridine rings is 1. The lowest BCUT2D eigenvalue weighted by atomic mass is 10.1. The summed E-state index contributed by atoms with van der Waals surface area (Å²) in [4.78, 5) is 14.2. The monoisotopic (exact) mass is 297 g/mol. The van der Waals surface area contributed by atoms with Gasteiger partial charge in [0.1, 0.15) is 0 Å². The van der Waals surface area contributed by atoms with E-state index in [0.717, 1.165) is 13.2 Å². The fraction of sp³-hybridized carbons (Fsp3) is 0.333. The number of esters is 1. The number of carbonyl (C=O) groups is 1. The predicted octanol–water partition coefficient (Wildman–Crippen LogP) is 2.64. The average Bonchev–Trinajstić information content (AvgIpc) is 2.15. The van der Waals surface area contributed by atoms with Gasteiger partial charge in [-0.15, -0.1) is 0 Å². The molecule has 1 aromatic rings. The first-order valence-corrected chi connectivity index (χ1v) is 4.94. The Hall–Kier alpha value is -1.11. The molecule has 0 aliphatic rings. The lowest BCUT2D eigenvalue weighted by Crippen LogP contribution is -2.10. The number of methoxy groups -OCH3 is 1. The van der Waals surface area contributed by atoms with Crippen molar-refractivity contribution in [2.45, 2.75) is 12.8 Å². The molecule has 0 aliphatic carbocycles. The largest absolute Gasteiger partial charge is 0.469 e. The highest BCUT2D eigenvalue weighted by Gasteiger charge is 2.21. The third-order valence-corrected chi connectivity index (χ3v) is 2.47. The number of rotatable bonds is 3. The Labute approximate surface area is 97.8 Å². The Balaban J connectivity index is 3.18. The lowest BCUT2D eigenvalue weighted by Gasteiger charge is -2.09. The predicted molar refractivity (Wildman–Crippen MR) is 52.6 cm³/mol. The van der Waals surface area contributed by atoms with Crippen LogP contribution in [-0.2, 0) is 16.0 Å². The van der Waals surface area contributed by atoms with Gasteiger partial charge in [0, 0.05) is 10.5 Å². The Morgan fingerprint density at radius 3 is 2.75 bits per heavy atom. The molecule has 0 saturated carbocycles.